The summed E-state index contributed by atoms with van der Waals surface area (Å²) in [6.45, 7) is -0.617. The minimum atomic E-state index is -4.51. The van der Waals surface area contributed by atoms with Gasteiger partial charge in [0.2, 0.25) is 5.76 Å². The average Bonchev–Trinajstić information content (AvgIpc) is 3.28. The Kier molecular flexibility index (Phi) is 6.72. The van der Waals surface area contributed by atoms with E-state index >= 15 is 0 Å². The van der Waals surface area contributed by atoms with Gasteiger partial charge in [-0.1, -0.05) is 12.1 Å². The molecule has 7 nitrogen and oxygen atoms in total. The van der Waals surface area contributed by atoms with Crippen LogP contribution in [0, 0.1) is 0 Å². The number of benzene rings is 2. The van der Waals surface area contributed by atoms with Crippen molar-refractivity contribution in [2.75, 3.05) is 26.1 Å². The third-order valence-corrected chi connectivity index (χ3v) is 4.30. The predicted molar refractivity (Wildman–Crippen MR) is 108 cm³/mol. The Bertz CT molecular complexity index is 1120. The van der Waals surface area contributed by atoms with Gasteiger partial charge in [-0.15, -0.1) is 0 Å². The monoisotopic (exact) mass is 449 g/mol. The highest BCUT2D eigenvalue weighted by atomic mass is 19.4. The van der Waals surface area contributed by atoms with Crippen LogP contribution in [-0.2, 0) is 15.7 Å². The second-order valence-electron chi connectivity index (χ2n) is 6.43. The van der Waals surface area contributed by atoms with Crippen LogP contribution in [0.2, 0.25) is 0 Å². The van der Waals surface area contributed by atoms with Crippen molar-refractivity contribution in [3.05, 3.63) is 65.9 Å². The lowest BCUT2D eigenvalue weighted by molar-refractivity contribution is -0.137. The topological polar surface area (TPSA) is 87.0 Å². The van der Waals surface area contributed by atoms with E-state index in [1.807, 2.05) is 0 Å². The summed E-state index contributed by atoms with van der Waals surface area (Å²) in [4.78, 5) is 24.3. The minimum absolute atomic E-state index is 0.0514. The molecule has 3 aromatic rings. The number of halogens is 3. The van der Waals surface area contributed by atoms with E-state index in [0.717, 1.165) is 12.1 Å². The largest absolute Gasteiger partial charge is 0.497 e. The molecule has 0 saturated heterocycles. The summed E-state index contributed by atoms with van der Waals surface area (Å²) in [6.07, 6.45) is -4.51. The smallest absolute Gasteiger partial charge is 0.416 e. The Morgan fingerprint density at radius 1 is 1.00 bits per heavy atom. The van der Waals surface area contributed by atoms with Crippen LogP contribution in [0.15, 0.2) is 59.0 Å². The number of esters is 1. The second-order valence-corrected chi connectivity index (χ2v) is 6.43. The highest BCUT2D eigenvalue weighted by Gasteiger charge is 2.30. The number of methoxy groups -OCH3 is 2. The van der Waals surface area contributed by atoms with Gasteiger partial charge in [-0.3, -0.25) is 4.79 Å². The number of alkyl halides is 3. The number of anilines is 1. The highest BCUT2D eigenvalue weighted by molar-refractivity contribution is 5.95. The molecule has 0 aliphatic rings. The van der Waals surface area contributed by atoms with E-state index in [1.165, 1.54) is 38.5 Å². The zero-order valence-electron chi connectivity index (χ0n) is 17.0. The number of carbonyl (C=O) groups excluding carboxylic acids is 2. The van der Waals surface area contributed by atoms with E-state index in [-0.39, 0.29) is 17.1 Å². The van der Waals surface area contributed by atoms with E-state index in [1.54, 1.807) is 18.2 Å². The van der Waals surface area contributed by atoms with E-state index in [2.05, 4.69) is 5.32 Å². The van der Waals surface area contributed by atoms with Crippen LogP contribution in [0.5, 0.6) is 11.5 Å². The first kappa shape index (κ1) is 22.7. The van der Waals surface area contributed by atoms with E-state index in [0.29, 0.717) is 17.2 Å². The van der Waals surface area contributed by atoms with Crippen molar-refractivity contribution in [1.82, 2.24) is 0 Å². The van der Waals surface area contributed by atoms with Crippen LogP contribution < -0.4 is 14.8 Å². The Hall–Kier alpha value is -3.95. The molecule has 1 amide bonds. The molecule has 0 bridgehead atoms. The van der Waals surface area contributed by atoms with Gasteiger partial charge >= 0.3 is 12.1 Å². The van der Waals surface area contributed by atoms with Gasteiger partial charge < -0.3 is 23.9 Å². The fraction of sp³-hybridized carbons (Fsp3) is 0.182. The lowest BCUT2D eigenvalue weighted by Gasteiger charge is -2.11. The normalized spacial score (nSPS) is 11.0. The molecule has 0 fully saturated rings. The van der Waals surface area contributed by atoms with Gasteiger partial charge in [0.1, 0.15) is 17.3 Å². The summed E-state index contributed by atoms with van der Waals surface area (Å²) < 4.78 is 59.1. The molecule has 1 heterocycles. The molecule has 0 atom stereocenters. The molecule has 32 heavy (non-hydrogen) atoms. The summed E-state index contributed by atoms with van der Waals surface area (Å²) in [5, 5.41) is 2.54. The Balaban J connectivity index is 1.62. The average molecular weight is 449 g/mol. The van der Waals surface area contributed by atoms with Crippen molar-refractivity contribution in [2.24, 2.45) is 0 Å². The van der Waals surface area contributed by atoms with Crippen molar-refractivity contribution < 1.29 is 41.4 Å². The van der Waals surface area contributed by atoms with Crippen LogP contribution in [0.25, 0.3) is 11.3 Å². The summed E-state index contributed by atoms with van der Waals surface area (Å²) >= 11 is 0. The zero-order chi connectivity index (χ0) is 23.3. The van der Waals surface area contributed by atoms with Gasteiger partial charge in [0, 0.05) is 11.6 Å². The minimum Gasteiger partial charge on any atom is -0.497 e. The first-order valence-corrected chi connectivity index (χ1v) is 9.17. The van der Waals surface area contributed by atoms with E-state index < -0.39 is 30.2 Å². The summed E-state index contributed by atoms with van der Waals surface area (Å²) in [6, 6.07) is 11.8. The Morgan fingerprint density at radius 3 is 2.47 bits per heavy atom. The maximum atomic E-state index is 12.9. The van der Waals surface area contributed by atoms with Crippen molar-refractivity contribution >= 4 is 17.6 Å². The number of nitrogens with one attached hydrogen (secondary N) is 1. The Labute approximate surface area is 180 Å². The molecule has 1 aromatic heterocycles. The molecule has 0 aliphatic heterocycles. The lowest BCUT2D eigenvalue weighted by atomic mass is 10.1. The molecular formula is C22H18F3NO6. The van der Waals surface area contributed by atoms with Crippen molar-refractivity contribution in [3.63, 3.8) is 0 Å². The third kappa shape index (κ3) is 5.39. The Morgan fingerprint density at radius 2 is 1.78 bits per heavy atom. The van der Waals surface area contributed by atoms with Crippen molar-refractivity contribution in [3.8, 4) is 22.8 Å². The van der Waals surface area contributed by atoms with E-state index in [9.17, 15) is 22.8 Å². The predicted octanol–water partition coefficient (Wildman–Crippen LogP) is 4.78. The number of carbonyl (C=O) groups is 2. The van der Waals surface area contributed by atoms with E-state index in [4.69, 9.17) is 18.6 Å². The first-order chi connectivity index (χ1) is 15.2. The molecule has 0 unspecified atom stereocenters. The van der Waals surface area contributed by atoms with Crippen LogP contribution in [0.4, 0.5) is 18.9 Å². The molecule has 0 aliphatic carbocycles. The summed E-state index contributed by atoms with van der Waals surface area (Å²) in [5.41, 5.74) is -0.358. The molecule has 1 N–H and O–H groups in total. The van der Waals surface area contributed by atoms with Gasteiger partial charge in [-0.25, -0.2) is 4.79 Å². The maximum Gasteiger partial charge on any atom is 0.416 e. The SMILES string of the molecule is COc1ccc(NC(=O)COC(=O)c2ccc(-c3cccc(C(F)(F)F)c3)o2)c(OC)c1. The first-order valence-electron chi connectivity index (χ1n) is 9.17. The maximum absolute atomic E-state index is 12.9. The quantitative estimate of drug-likeness (QED) is 0.523. The number of rotatable bonds is 7. The fourth-order valence-corrected chi connectivity index (χ4v) is 2.74. The van der Waals surface area contributed by atoms with Crippen molar-refractivity contribution in [2.45, 2.75) is 6.18 Å². The summed E-state index contributed by atoms with van der Waals surface area (Å²) in [5.74, 6) is -0.907. The van der Waals surface area contributed by atoms with Crippen LogP contribution in [0.3, 0.4) is 0 Å². The molecule has 10 heteroatoms. The molecule has 168 valence electrons. The van der Waals surface area contributed by atoms with Crippen molar-refractivity contribution in [1.29, 1.82) is 0 Å². The molecule has 2 aromatic carbocycles. The number of furan rings is 1. The third-order valence-electron chi connectivity index (χ3n) is 4.30. The lowest BCUT2D eigenvalue weighted by Crippen LogP contribution is -2.21. The van der Waals surface area contributed by atoms with Gasteiger partial charge in [-0.2, -0.15) is 13.2 Å². The molecule has 0 spiro atoms. The second kappa shape index (κ2) is 9.46. The number of ether oxygens (including phenoxy) is 3. The highest BCUT2D eigenvalue weighted by Crippen LogP contribution is 2.33. The molecular weight excluding hydrogens is 431 g/mol. The molecule has 0 radical (unpaired) electrons. The fourth-order valence-electron chi connectivity index (χ4n) is 2.74. The summed E-state index contributed by atoms with van der Waals surface area (Å²) in [7, 11) is 2.91. The van der Waals surface area contributed by atoms with Gasteiger partial charge in [0.15, 0.2) is 6.61 Å². The molecule has 0 saturated carbocycles. The van der Waals surface area contributed by atoms with Crippen LogP contribution in [0.1, 0.15) is 16.1 Å². The number of amides is 1. The zero-order valence-corrected chi connectivity index (χ0v) is 17.0. The number of hydrogen-bond donors (Lipinski definition) is 1. The van der Waals surface area contributed by atoms with Gasteiger partial charge in [0.05, 0.1) is 25.5 Å². The van der Waals surface area contributed by atoms with Gasteiger partial charge in [0.25, 0.3) is 5.91 Å². The number of hydrogen-bond acceptors (Lipinski definition) is 6. The van der Waals surface area contributed by atoms with Crippen LogP contribution >= 0.6 is 0 Å². The standard InChI is InChI=1S/C22H18F3NO6/c1-29-15-6-7-16(19(11-15)30-2)26-20(27)12-31-21(28)18-9-8-17(32-18)13-4-3-5-14(10-13)22(23,24)25/h3-11H,12H2,1-2H3,(H,26,27). The molecule has 3 rings (SSSR count). The van der Waals surface area contributed by atoms with Gasteiger partial charge in [-0.05, 0) is 36.4 Å². The van der Waals surface area contributed by atoms with Crippen LogP contribution in [-0.4, -0.2) is 32.7 Å².